The maximum atomic E-state index is 9.55. The smallest absolute Gasteiger partial charge is 0.328 e. The second-order valence-electron chi connectivity index (χ2n) is 6.23. The quantitative estimate of drug-likeness (QED) is 0.409. The highest BCUT2D eigenvalue weighted by molar-refractivity contribution is 6.02. The molecule has 1 aromatic rings. The number of nitrogens with zero attached hydrogens (tertiary/aromatic N) is 4. The molecule has 28 heavy (non-hydrogen) atoms. The largest absolute Gasteiger partial charge is 0.478 e. The molecular weight excluding hydrogens is 362 g/mol. The summed E-state index contributed by atoms with van der Waals surface area (Å²) in [7, 11) is 2.04. The number of benzene rings is 1. The van der Waals surface area contributed by atoms with Gasteiger partial charge in [0.15, 0.2) is 0 Å². The Balaban J connectivity index is 0.000000300. The average Bonchev–Trinajstić information content (AvgIpc) is 3.33. The number of guanidine groups is 2. The predicted molar refractivity (Wildman–Crippen MR) is 108 cm³/mol. The number of carboxylic acid groups (broad SMARTS) is 2. The monoisotopic (exact) mass is 387 g/mol. The van der Waals surface area contributed by atoms with Gasteiger partial charge in [-0.3, -0.25) is 0 Å². The summed E-state index contributed by atoms with van der Waals surface area (Å²) >= 11 is 0. The number of nitrogens with one attached hydrogen (secondary N) is 1. The summed E-state index contributed by atoms with van der Waals surface area (Å²) in [5.74, 6) is -0.767. The van der Waals surface area contributed by atoms with Gasteiger partial charge in [-0.2, -0.15) is 4.99 Å². The van der Waals surface area contributed by atoms with Crippen molar-refractivity contribution >= 4 is 29.5 Å². The standard InChI is InChI=1S/C15H21N5.C4H4O4/c1-19-12-9-16-14(19)18-15(20-10-5-6-11-20)17-13-7-3-2-4-8-13;5-3(6)1-2-4(7)8/h2-4,7-8H,5-6,9-12H2,1H3,(H,16,17,18);1-2H,(H,5,6)(H,7,8). The van der Waals surface area contributed by atoms with Crippen LogP contribution in [0.15, 0.2) is 52.5 Å². The first-order chi connectivity index (χ1) is 13.5. The Labute approximate surface area is 163 Å². The molecule has 0 spiro atoms. The molecule has 0 radical (unpaired) electrons. The molecule has 3 N–H and O–H groups in total. The first-order valence-electron chi connectivity index (χ1n) is 9.01. The van der Waals surface area contributed by atoms with Crippen molar-refractivity contribution < 1.29 is 19.8 Å². The van der Waals surface area contributed by atoms with Crippen LogP contribution in [-0.4, -0.2) is 77.1 Å². The van der Waals surface area contributed by atoms with Gasteiger partial charge in [0, 0.05) is 44.5 Å². The van der Waals surface area contributed by atoms with E-state index in [2.05, 4.69) is 32.2 Å². The average molecular weight is 387 g/mol. The molecule has 0 bridgehead atoms. The lowest BCUT2D eigenvalue weighted by Crippen LogP contribution is -2.36. The highest BCUT2D eigenvalue weighted by Gasteiger charge is 2.19. The molecule has 0 amide bonds. The van der Waals surface area contributed by atoms with Crippen molar-refractivity contribution in [3.8, 4) is 0 Å². The number of hydrogen-bond acceptors (Lipinski definition) is 5. The van der Waals surface area contributed by atoms with E-state index in [1.165, 1.54) is 12.8 Å². The minimum absolute atomic E-state index is 0.558. The van der Waals surface area contributed by atoms with Gasteiger partial charge in [0.25, 0.3) is 0 Å². The molecule has 1 saturated heterocycles. The van der Waals surface area contributed by atoms with Crippen LogP contribution in [0.5, 0.6) is 0 Å². The molecule has 1 aromatic carbocycles. The van der Waals surface area contributed by atoms with Crippen molar-refractivity contribution in [3.05, 3.63) is 42.5 Å². The minimum Gasteiger partial charge on any atom is -0.478 e. The topological polar surface area (TPSA) is 118 Å². The van der Waals surface area contributed by atoms with Crippen LogP contribution in [0, 0.1) is 0 Å². The van der Waals surface area contributed by atoms with Crippen LogP contribution in [0.1, 0.15) is 12.8 Å². The van der Waals surface area contributed by atoms with Crippen LogP contribution in [-0.2, 0) is 9.59 Å². The first-order valence-corrected chi connectivity index (χ1v) is 9.01. The van der Waals surface area contributed by atoms with Crippen LogP contribution >= 0.6 is 0 Å². The molecule has 3 rings (SSSR count). The van der Waals surface area contributed by atoms with E-state index in [4.69, 9.17) is 15.2 Å². The third kappa shape index (κ3) is 7.10. The van der Waals surface area contributed by atoms with Gasteiger partial charge in [-0.25, -0.2) is 14.6 Å². The molecule has 2 aliphatic heterocycles. The molecule has 9 heteroatoms. The maximum absolute atomic E-state index is 9.55. The normalized spacial score (nSPS) is 16.6. The number of aliphatic carboxylic acids is 2. The predicted octanol–water partition coefficient (Wildman–Crippen LogP) is 1.56. The Kier molecular flexibility index (Phi) is 8.01. The van der Waals surface area contributed by atoms with E-state index >= 15 is 0 Å². The lowest BCUT2D eigenvalue weighted by molar-refractivity contribution is -0.134. The summed E-state index contributed by atoms with van der Waals surface area (Å²) in [5.41, 5.74) is 1.07. The Hall–Kier alpha value is -3.36. The fourth-order valence-corrected chi connectivity index (χ4v) is 2.64. The van der Waals surface area contributed by atoms with Crippen molar-refractivity contribution in [2.75, 3.05) is 38.5 Å². The number of aliphatic imine (C=N–C) groups is 2. The zero-order valence-electron chi connectivity index (χ0n) is 15.8. The van der Waals surface area contributed by atoms with E-state index in [0.717, 1.165) is 43.8 Å². The summed E-state index contributed by atoms with van der Waals surface area (Å²) in [6.07, 6.45) is 3.58. The van der Waals surface area contributed by atoms with Crippen molar-refractivity contribution in [2.24, 2.45) is 9.98 Å². The maximum Gasteiger partial charge on any atom is 0.328 e. The number of rotatable bonds is 3. The summed E-state index contributed by atoms with van der Waals surface area (Å²) < 4.78 is 0. The van der Waals surface area contributed by atoms with Crippen molar-refractivity contribution in [1.29, 1.82) is 0 Å². The fraction of sp³-hybridized carbons (Fsp3) is 0.368. The van der Waals surface area contributed by atoms with Crippen molar-refractivity contribution in [3.63, 3.8) is 0 Å². The molecule has 2 heterocycles. The minimum atomic E-state index is -1.26. The van der Waals surface area contributed by atoms with Gasteiger partial charge in [0.2, 0.25) is 11.9 Å². The Bertz CT molecular complexity index is 739. The van der Waals surface area contributed by atoms with E-state index < -0.39 is 11.9 Å². The summed E-state index contributed by atoms with van der Waals surface area (Å²) in [6, 6.07) is 10.2. The number of para-hydroxylation sites is 1. The SMILES string of the molecule is CN1CCN=C1N=C(Nc1ccccc1)N1CCCC1.O=C(O)C=CC(=O)O. The van der Waals surface area contributed by atoms with Crippen LogP contribution in [0.2, 0.25) is 0 Å². The molecule has 0 unspecified atom stereocenters. The molecule has 1 fully saturated rings. The molecule has 0 aromatic heterocycles. The molecule has 9 nitrogen and oxygen atoms in total. The Morgan fingerprint density at radius 3 is 2.18 bits per heavy atom. The molecule has 0 saturated carbocycles. The van der Waals surface area contributed by atoms with E-state index in [1.54, 1.807) is 0 Å². The van der Waals surface area contributed by atoms with Gasteiger partial charge in [0.05, 0.1) is 6.54 Å². The number of anilines is 1. The molecule has 0 atom stereocenters. The van der Waals surface area contributed by atoms with Gasteiger partial charge in [-0.15, -0.1) is 0 Å². The highest BCUT2D eigenvalue weighted by Crippen LogP contribution is 2.13. The van der Waals surface area contributed by atoms with Gasteiger partial charge < -0.3 is 25.3 Å². The second-order valence-corrected chi connectivity index (χ2v) is 6.23. The van der Waals surface area contributed by atoms with Gasteiger partial charge in [0.1, 0.15) is 0 Å². The Morgan fingerprint density at radius 2 is 1.68 bits per heavy atom. The third-order valence-corrected chi connectivity index (χ3v) is 4.04. The Morgan fingerprint density at radius 1 is 1.07 bits per heavy atom. The molecular formula is C19H25N5O4. The first kappa shape index (κ1) is 20.9. The fourth-order valence-electron chi connectivity index (χ4n) is 2.64. The number of carbonyl (C=O) groups is 2. The van der Waals surface area contributed by atoms with E-state index in [0.29, 0.717) is 12.2 Å². The second kappa shape index (κ2) is 10.7. The highest BCUT2D eigenvalue weighted by atomic mass is 16.4. The third-order valence-electron chi connectivity index (χ3n) is 4.04. The van der Waals surface area contributed by atoms with E-state index in [1.807, 2.05) is 25.2 Å². The van der Waals surface area contributed by atoms with Crippen LogP contribution < -0.4 is 5.32 Å². The molecule has 0 aliphatic carbocycles. The zero-order valence-corrected chi connectivity index (χ0v) is 15.8. The lowest BCUT2D eigenvalue weighted by Gasteiger charge is -2.22. The zero-order chi connectivity index (χ0) is 20.4. The summed E-state index contributed by atoms with van der Waals surface area (Å²) in [6.45, 7) is 3.93. The number of likely N-dealkylation sites (tertiary alicyclic amines) is 1. The van der Waals surface area contributed by atoms with Crippen LogP contribution in [0.4, 0.5) is 5.69 Å². The molecule has 150 valence electrons. The van der Waals surface area contributed by atoms with Crippen LogP contribution in [0.25, 0.3) is 0 Å². The van der Waals surface area contributed by atoms with E-state index in [-0.39, 0.29) is 0 Å². The van der Waals surface area contributed by atoms with Gasteiger partial charge in [-0.05, 0) is 25.0 Å². The number of likely N-dealkylation sites (N-methyl/N-ethyl adjacent to an activating group) is 1. The lowest BCUT2D eigenvalue weighted by atomic mass is 10.3. The van der Waals surface area contributed by atoms with Gasteiger partial charge >= 0.3 is 11.9 Å². The molecule has 2 aliphatic rings. The van der Waals surface area contributed by atoms with Crippen molar-refractivity contribution in [2.45, 2.75) is 12.8 Å². The van der Waals surface area contributed by atoms with Crippen molar-refractivity contribution in [1.82, 2.24) is 9.80 Å². The summed E-state index contributed by atoms with van der Waals surface area (Å²) in [5, 5.41) is 19.1. The summed E-state index contributed by atoms with van der Waals surface area (Å²) in [4.78, 5) is 32.7. The van der Waals surface area contributed by atoms with Gasteiger partial charge in [-0.1, -0.05) is 18.2 Å². The number of hydrogen-bond donors (Lipinski definition) is 3. The van der Waals surface area contributed by atoms with Crippen LogP contribution in [0.3, 0.4) is 0 Å². The number of carboxylic acids is 2. The van der Waals surface area contributed by atoms with E-state index in [9.17, 15) is 9.59 Å².